The molecule has 0 aliphatic carbocycles. The van der Waals surface area contributed by atoms with Gasteiger partial charge in [-0.25, -0.2) is 0 Å². The first kappa shape index (κ1) is 19.7. The number of nitrogens with zero attached hydrogens (tertiary/aromatic N) is 2. The quantitative estimate of drug-likeness (QED) is 0.830. The summed E-state index contributed by atoms with van der Waals surface area (Å²) in [7, 11) is 0. The Morgan fingerprint density at radius 2 is 1.78 bits per heavy atom. The second kappa shape index (κ2) is 8.31. The van der Waals surface area contributed by atoms with E-state index >= 15 is 0 Å². The Morgan fingerprint density at radius 3 is 2.33 bits per heavy atom. The van der Waals surface area contributed by atoms with E-state index in [0.717, 1.165) is 22.7 Å². The largest absolute Gasteiger partial charge is 0.416 e. The average molecular weight is 398 g/mol. The van der Waals surface area contributed by atoms with Crippen LogP contribution in [0.1, 0.15) is 29.4 Å². The van der Waals surface area contributed by atoms with Crippen molar-refractivity contribution >= 4 is 22.9 Å². The van der Waals surface area contributed by atoms with Gasteiger partial charge in [-0.05, 0) is 42.1 Å². The van der Waals surface area contributed by atoms with Crippen molar-refractivity contribution in [3.63, 3.8) is 0 Å². The summed E-state index contributed by atoms with van der Waals surface area (Å²) in [4.78, 5) is 16.9. The molecule has 3 rings (SSSR count). The molecule has 1 N–H and O–H groups in total. The maximum Gasteiger partial charge on any atom is 0.416 e. The highest BCUT2D eigenvalue weighted by Crippen LogP contribution is 2.30. The number of carbonyl (C=O) groups excluding carboxylic acids is 1. The smallest absolute Gasteiger partial charge is 0.388 e. The van der Waals surface area contributed by atoms with Crippen LogP contribution in [0.25, 0.3) is 0 Å². The summed E-state index contributed by atoms with van der Waals surface area (Å²) in [5, 5.41) is 12.0. The van der Waals surface area contributed by atoms with E-state index in [9.17, 15) is 23.1 Å². The lowest BCUT2D eigenvalue weighted by atomic mass is 10.1. The van der Waals surface area contributed by atoms with Gasteiger partial charge in [0.25, 0.3) is 0 Å². The molecule has 2 aromatic rings. The number of aliphatic hydroxyl groups excluding tert-OH is 1. The SMILES string of the molecule is O=C(CCC(O)c1cccs1)N1CCN(c2ccc(C(F)(F)F)cc2)CC1. The number of piperazine rings is 1. The topological polar surface area (TPSA) is 43.8 Å². The lowest BCUT2D eigenvalue weighted by Crippen LogP contribution is -2.48. The van der Waals surface area contributed by atoms with Crippen molar-refractivity contribution in [3.05, 3.63) is 52.2 Å². The van der Waals surface area contributed by atoms with Crippen LogP contribution in [0, 0.1) is 0 Å². The van der Waals surface area contributed by atoms with Gasteiger partial charge in [0.1, 0.15) is 0 Å². The molecule has 1 atom stereocenters. The maximum atomic E-state index is 12.6. The number of carbonyl (C=O) groups is 1. The Labute approximate surface area is 159 Å². The van der Waals surface area contributed by atoms with E-state index in [-0.39, 0.29) is 12.3 Å². The molecule has 0 saturated carbocycles. The summed E-state index contributed by atoms with van der Waals surface area (Å²) in [5.41, 5.74) is 0.0626. The number of halogens is 3. The molecular weight excluding hydrogens is 377 g/mol. The predicted molar refractivity (Wildman–Crippen MR) is 98.7 cm³/mol. The van der Waals surface area contributed by atoms with Crippen LogP contribution >= 0.6 is 11.3 Å². The number of benzene rings is 1. The molecule has 146 valence electrons. The molecule has 2 heterocycles. The van der Waals surface area contributed by atoms with E-state index in [0.29, 0.717) is 32.6 Å². The molecule has 8 heteroatoms. The molecular formula is C19H21F3N2O2S. The number of hydrogen-bond donors (Lipinski definition) is 1. The van der Waals surface area contributed by atoms with Crippen molar-refractivity contribution in [2.75, 3.05) is 31.1 Å². The van der Waals surface area contributed by atoms with Gasteiger partial charge >= 0.3 is 6.18 Å². The third-order valence-electron chi connectivity index (χ3n) is 4.70. The molecule has 4 nitrogen and oxygen atoms in total. The zero-order valence-corrected chi connectivity index (χ0v) is 15.5. The first-order valence-corrected chi connectivity index (χ1v) is 9.64. The van der Waals surface area contributed by atoms with Crippen LogP contribution in [0.2, 0.25) is 0 Å². The van der Waals surface area contributed by atoms with E-state index in [4.69, 9.17) is 0 Å². The fourth-order valence-corrected chi connectivity index (χ4v) is 3.86. The summed E-state index contributed by atoms with van der Waals surface area (Å²) in [5.74, 6) is -0.00215. The summed E-state index contributed by atoms with van der Waals surface area (Å²) < 4.78 is 37.9. The molecule has 1 aromatic carbocycles. The number of anilines is 1. The lowest BCUT2D eigenvalue weighted by Gasteiger charge is -2.36. The predicted octanol–water partition coefficient (Wildman–Crippen LogP) is 3.93. The molecule has 1 aliphatic heterocycles. The summed E-state index contributed by atoms with van der Waals surface area (Å²) in [6, 6.07) is 8.82. The first-order valence-electron chi connectivity index (χ1n) is 8.76. The van der Waals surface area contributed by atoms with Crippen LogP contribution in [-0.4, -0.2) is 42.1 Å². The highest BCUT2D eigenvalue weighted by molar-refractivity contribution is 7.10. The Bertz CT molecular complexity index is 739. The molecule has 27 heavy (non-hydrogen) atoms. The maximum absolute atomic E-state index is 12.6. The van der Waals surface area contributed by atoms with E-state index < -0.39 is 17.8 Å². The van der Waals surface area contributed by atoms with E-state index in [2.05, 4.69) is 0 Å². The van der Waals surface area contributed by atoms with Crippen molar-refractivity contribution in [1.82, 2.24) is 4.90 Å². The zero-order valence-electron chi connectivity index (χ0n) is 14.7. The van der Waals surface area contributed by atoms with E-state index in [1.807, 2.05) is 22.4 Å². The molecule has 1 saturated heterocycles. The summed E-state index contributed by atoms with van der Waals surface area (Å²) in [6.45, 7) is 2.19. The fraction of sp³-hybridized carbons (Fsp3) is 0.421. The van der Waals surface area contributed by atoms with Gasteiger partial charge in [0, 0.05) is 43.2 Å². The van der Waals surface area contributed by atoms with E-state index in [1.54, 1.807) is 4.90 Å². The van der Waals surface area contributed by atoms with Gasteiger partial charge in [0.05, 0.1) is 11.7 Å². The molecule has 1 unspecified atom stereocenters. The standard InChI is InChI=1S/C19H21F3N2O2S/c20-19(21,22)14-3-5-15(6-4-14)23-9-11-24(12-10-23)18(26)8-7-16(25)17-2-1-13-27-17/h1-6,13,16,25H,7-12H2. The van der Waals surface area contributed by atoms with Crippen LogP contribution in [0.4, 0.5) is 18.9 Å². The highest BCUT2D eigenvalue weighted by Gasteiger charge is 2.30. The van der Waals surface area contributed by atoms with Gasteiger partial charge < -0.3 is 14.9 Å². The molecule has 1 fully saturated rings. The average Bonchev–Trinajstić information content (AvgIpc) is 3.20. The van der Waals surface area contributed by atoms with Crippen LogP contribution in [0.15, 0.2) is 41.8 Å². The second-order valence-electron chi connectivity index (χ2n) is 6.48. The first-order chi connectivity index (χ1) is 12.8. The minimum Gasteiger partial charge on any atom is -0.388 e. The number of hydrogen-bond acceptors (Lipinski definition) is 4. The minimum atomic E-state index is -4.34. The van der Waals surface area contributed by atoms with Crippen molar-refractivity contribution in [2.24, 2.45) is 0 Å². The molecule has 1 amide bonds. The Hall–Kier alpha value is -2.06. The van der Waals surface area contributed by atoms with Gasteiger partial charge in [-0.15, -0.1) is 11.3 Å². The van der Waals surface area contributed by atoms with Crippen molar-refractivity contribution in [2.45, 2.75) is 25.1 Å². The monoisotopic (exact) mass is 398 g/mol. The van der Waals surface area contributed by atoms with Gasteiger partial charge in [0.2, 0.25) is 5.91 Å². The third kappa shape index (κ3) is 5.01. The summed E-state index contributed by atoms with van der Waals surface area (Å²) in [6.07, 6.45) is -4.29. The normalized spacial score (nSPS) is 16.4. The Morgan fingerprint density at radius 1 is 1.11 bits per heavy atom. The minimum absolute atomic E-state index is 0.00215. The number of rotatable bonds is 5. The Kier molecular flexibility index (Phi) is 6.06. The number of thiophene rings is 1. The molecule has 0 radical (unpaired) electrons. The zero-order chi connectivity index (χ0) is 19.4. The Balaban J connectivity index is 1.47. The molecule has 0 bridgehead atoms. The van der Waals surface area contributed by atoms with Gasteiger partial charge in [0.15, 0.2) is 0 Å². The van der Waals surface area contributed by atoms with E-state index in [1.165, 1.54) is 23.5 Å². The van der Waals surface area contributed by atoms with Crippen LogP contribution in [-0.2, 0) is 11.0 Å². The summed E-state index contributed by atoms with van der Waals surface area (Å²) >= 11 is 1.47. The highest BCUT2D eigenvalue weighted by atomic mass is 32.1. The van der Waals surface area contributed by atoms with Crippen molar-refractivity contribution in [1.29, 1.82) is 0 Å². The van der Waals surface area contributed by atoms with Crippen LogP contribution < -0.4 is 4.90 Å². The van der Waals surface area contributed by atoms with Gasteiger partial charge in [-0.1, -0.05) is 6.07 Å². The molecule has 0 spiro atoms. The molecule has 1 aromatic heterocycles. The number of amides is 1. The fourth-order valence-electron chi connectivity index (χ4n) is 3.12. The van der Waals surface area contributed by atoms with Crippen molar-refractivity contribution < 1.29 is 23.1 Å². The van der Waals surface area contributed by atoms with Crippen LogP contribution in [0.3, 0.4) is 0 Å². The number of aliphatic hydroxyl groups is 1. The van der Waals surface area contributed by atoms with Crippen LogP contribution in [0.5, 0.6) is 0 Å². The number of alkyl halides is 3. The van der Waals surface area contributed by atoms with Gasteiger partial charge in [-0.2, -0.15) is 13.2 Å². The van der Waals surface area contributed by atoms with Gasteiger partial charge in [-0.3, -0.25) is 4.79 Å². The lowest BCUT2D eigenvalue weighted by molar-refractivity contribution is -0.137. The second-order valence-corrected chi connectivity index (χ2v) is 7.46. The third-order valence-corrected chi connectivity index (χ3v) is 5.67. The molecule has 1 aliphatic rings. The van der Waals surface area contributed by atoms with Crippen molar-refractivity contribution in [3.8, 4) is 0 Å².